The van der Waals surface area contributed by atoms with Gasteiger partial charge in [-0.15, -0.1) is 0 Å². The SMILES string of the molecule is CCCCCCCCCCCCCCCCCC[C@](C)(CC)C(=O)O. The second kappa shape index (κ2) is 16.9. The Morgan fingerprint density at radius 3 is 1.24 bits per heavy atom. The van der Waals surface area contributed by atoms with Gasteiger partial charge in [0.15, 0.2) is 0 Å². The van der Waals surface area contributed by atoms with Gasteiger partial charge < -0.3 is 5.11 Å². The van der Waals surface area contributed by atoms with Crippen LogP contribution in [0, 0.1) is 5.41 Å². The van der Waals surface area contributed by atoms with Crippen molar-refractivity contribution in [3.63, 3.8) is 0 Å². The molecule has 0 aromatic rings. The molecule has 0 saturated heterocycles. The van der Waals surface area contributed by atoms with Gasteiger partial charge in [0.25, 0.3) is 0 Å². The molecule has 0 aliphatic rings. The molecule has 25 heavy (non-hydrogen) atoms. The zero-order chi connectivity index (χ0) is 18.8. The molecule has 2 heteroatoms. The van der Waals surface area contributed by atoms with Gasteiger partial charge >= 0.3 is 5.97 Å². The van der Waals surface area contributed by atoms with Crippen molar-refractivity contribution in [3.8, 4) is 0 Å². The largest absolute Gasteiger partial charge is 0.481 e. The second-order valence-electron chi connectivity index (χ2n) is 8.27. The summed E-state index contributed by atoms with van der Waals surface area (Å²) in [5.74, 6) is -0.629. The third-order valence-electron chi connectivity index (χ3n) is 5.88. The third-order valence-corrected chi connectivity index (χ3v) is 5.88. The minimum absolute atomic E-state index is 0.504. The Labute approximate surface area is 158 Å². The fraction of sp³-hybridized carbons (Fsp3) is 0.957. The van der Waals surface area contributed by atoms with E-state index in [0.717, 1.165) is 19.3 Å². The van der Waals surface area contributed by atoms with E-state index in [1.54, 1.807) is 0 Å². The van der Waals surface area contributed by atoms with E-state index in [4.69, 9.17) is 0 Å². The molecule has 0 aromatic carbocycles. The lowest BCUT2D eigenvalue weighted by atomic mass is 9.82. The molecule has 0 bridgehead atoms. The van der Waals surface area contributed by atoms with Crippen LogP contribution in [0.15, 0.2) is 0 Å². The van der Waals surface area contributed by atoms with Gasteiger partial charge in [-0.2, -0.15) is 0 Å². The molecule has 0 heterocycles. The molecule has 0 fully saturated rings. The zero-order valence-corrected chi connectivity index (χ0v) is 17.6. The summed E-state index contributed by atoms with van der Waals surface area (Å²) < 4.78 is 0. The molecule has 2 nitrogen and oxygen atoms in total. The molecular formula is C23H46O2. The van der Waals surface area contributed by atoms with E-state index in [1.165, 1.54) is 96.3 Å². The van der Waals surface area contributed by atoms with Crippen LogP contribution >= 0.6 is 0 Å². The van der Waals surface area contributed by atoms with Crippen LogP contribution in [0.1, 0.15) is 136 Å². The van der Waals surface area contributed by atoms with Crippen molar-refractivity contribution in [2.24, 2.45) is 5.41 Å². The summed E-state index contributed by atoms with van der Waals surface area (Å²) in [5, 5.41) is 9.26. The summed E-state index contributed by atoms with van der Waals surface area (Å²) in [6.07, 6.45) is 23.4. The highest BCUT2D eigenvalue weighted by Crippen LogP contribution is 2.28. The first-order valence-electron chi connectivity index (χ1n) is 11.3. The molecule has 0 saturated carbocycles. The molecule has 0 aliphatic heterocycles. The number of hydrogen-bond donors (Lipinski definition) is 1. The molecule has 0 unspecified atom stereocenters. The predicted octanol–water partition coefficient (Wildman–Crippen LogP) is 8.14. The molecule has 0 amide bonds. The monoisotopic (exact) mass is 354 g/mol. The molecule has 0 rings (SSSR count). The van der Waals surface area contributed by atoms with Crippen LogP contribution in [0.25, 0.3) is 0 Å². The Kier molecular flexibility index (Phi) is 16.6. The Hall–Kier alpha value is -0.530. The molecule has 0 aliphatic carbocycles. The fourth-order valence-electron chi connectivity index (χ4n) is 3.50. The molecule has 0 aromatic heterocycles. The van der Waals surface area contributed by atoms with Crippen molar-refractivity contribution in [2.75, 3.05) is 0 Å². The standard InChI is InChI=1S/C23H46O2/c1-4-6-7-8-9-10-11-12-13-14-15-16-17-18-19-20-21-23(3,5-2)22(24)25/h4-21H2,1-3H3,(H,24,25)/t23-/m0/s1. The number of unbranched alkanes of at least 4 members (excludes halogenated alkanes) is 15. The van der Waals surface area contributed by atoms with Crippen LogP contribution in [0.2, 0.25) is 0 Å². The summed E-state index contributed by atoms with van der Waals surface area (Å²) in [5.41, 5.74) is -0.504. The topological polar surface area (TPSA) is 37.3 Å². The van der Waals surface area contributed by atoms with Crippen molar-refractivity contribution in [1.29, 1.82) is 0 Å². The maximum atomic E-state index is 11.2. The normalized spacial score (nSPS) is 13.7. The first-order valence-corrected chi connectivity index (χ1v) is 11.3. The van der Waals surface area contributed by atoms with Crippen molar-refractivity contribution in [2.45, 2.75) is 136 Å². The zero-order valence-electron chi connectivity index (χ0n) is 17.6. The van der Waals surface area contributed by atoms with E-state index in [2.05, 4.69) is 6.92 Å². The fourth-order valence-corrected chi connectivity index (χ4v) is 3.50. The lowest BCUT2D eigenvalue weighted by molar-refractivity contribution is -0.148. The minimum Gasteiger partial charge on any atom is -0.481 e. The second-order valence-corrected chi connectivity index (χ2v) is 8.27. The highest BCUT2D eigenvalue weighted by Gasteiger charge is 2.29. The third kappa shape index (κ3) is 14.3. The van der Waals surface area contributed by atoms with Crippen molar-refractivity contribution in [1.82, 2.24) is 0 Å². The molecule has 1 atom stereocenters. The van der Waals surface area contributed by atoms with Crippen molar-refractivity contribution < 1.29 is 9.90 Å². The summed E-state index contributed by atoms with van der Waals surface area (Å²) in [7, 11) is 0. The van der Waals surface area contributed by atoms with Crippen molar-refractivity contribution in [3.05, 3.63) is 0 Å². The Morgan fingerprint density at radius 1 is 0.640 bits per heavy atom. The van der Waals surface area contributed by atoms with Crippen LogP contribution < -0.4 is 0 Å². The van der Waals surface area contributed by atoms with Gasteiger partial charge in [-0.05, 0) is 19.8 Å². The number of carboxylic acids is 1. The Morgan fingerprint density at radius 2 is 0.960 bits per heavy atom. The molecule has 0 radical (unpaired) electrons. The van der Waals surface area contributed by atoms with E-state index in [0.29, 0.717) is 0 Å². The molecule has 0 spiro atoms. The molecule has 1 N–H and O–H groups in total. The quantitative estimate of drug-likeness (QED) is 0.238. The molecule has 150 valence electrons. The lowest BCUT2D eigenvalue weighted by Gasteiger charge is -2.22. The highest BCUT2D eigenvalue weighted by molar-refractivity contribution is 5.73. The number of hydrogen-bond acceptors (Lipinski definition) is 1. The Balaban J connectivity index is 3.23. The van der Waals surface area contributed by atoms with Crippen LogP contribution in [0.4, 0.5) is 0 Å². The van der Waals surface area contributed by atoms with Crippen molar-refractivity contribution >= 4 is 5.97 Å². The van der Waals surface area contributed by atoms with Crippen LogP contribution in [0.3, 0.4) is 0 Å². The summed E-state index contributed by atoms with van der Waals surface area (Å²) in [6.45, 7) is 6.16. The predicted molar refractivity (Wildman–Crippen MR) is 110 cm³/mol. The highest BCUT2D eigenvalue weighted by atomic mass is 16.4. The van der Waals surface area contributed by atoms with E-state index in [9.17, 15) is 9.90 Å². The summed E-state index contributed by atoms with van der Waals surface area (Å²) >= 11 is 0. The molecular weight excluding hydrogens is 308 g/mol. The minimum atomic E-state index is -0.629. The van der Waals surface area contributed by atoms with Gasteiger partial charge in [-0.3, -0.25) is 4.79 Å². The first-order chi connectivity index (χ1) is 12.1. The first kappa shape index (κ1) is 24.5. The lowest BCUT2D eigenvalue weighted by Crippen LogP contribution is -2.26. The van der Waals surface area contributed by atoms with E-state index < -0.39 is 11.4 Å². The summed E-state index contributed by atoms with van der Waals surface area (Å²) in [4.78, 5) is 11.2. The van der Waals surface area contributed by atoms with Crippen LogP contribution in [-0.4, -0.2) is 11.1 Å². The number of carboxylic acid groups (broad SMARTS) is 1. The van der Waals surface area contributed by atoms with Crippen LogP contribution in [0.5, 0.6) is 0 Å². The van der Waals surface area contributed by atoms with Gasteiger partial charge in [-0.1, -0.05) is 117 Å². The number of carbonyl (C=O) groups is 1. The maximum absolute atomic E-state index is 11.2. The average molecular weight is 355 g/mol. The number of aliphatic carboxylic acids is 1. The van der Waals surface area contributed by atoms with Gasteiger partial charge in [0.05, 0.1) is 5.41 Å². The van der Waals surface area contributed by atoms with E-state index in [-0.39, 0.29) is 0 Å². The summed E-state index contributed by atoms with van der Waals surface area (Å²) in [6, 6.07) is 0. The van der Waals surface area contributed by atoms with E-state index in [1.807, 2.05) is 13.8 Å². The van der Waals surface area contributed by atoms with Gasteiger partial charge in [0.1, 0.15) is 0 Å². The number of rotatable bonds is 19. The maximum Gasteiger partial charge on any atom is 0.309 e. The smallest absolute Gasteiger partial charge is 0.309 e. The Bertz CT molecular complexity index is 300. The average Bonchev–Trinajstić information content (AvgIpc) is 2.61. The van der Waals surface area contributed by atoms with Crippen LogP contribution in [-0.2, 0) is 4.79 Å². The van der Waals surface area contributed by atoms with Gasteiger partial charge in [0.2, 0.25) is 0 Å². The van der Waals surface area contributed by atoms with Gasteiger partial charge in [-0.25, -0.2) is 0 Å². The van der Waals surface area contributed by atoms with E-state index >= 15 is 0 Å². The van der Waals surface area contributed by atoms with Gasteiger partial charge in [0, 0.05) is 0 Å².